The zero-order valence-corrected chi connectivity index (χ0v) is 16.7. The minimum absolute atomic E-state index is 0.240. The second-order valence-corrected chi connectivity index (χ2v) is 7.23. The lowest BCUT2D eigenvalue weighted by Gasteiger charge is -2.12. The highest BCUT2D eigenvalue weighted by Crippen LogP contribution is 2.25. The Kier molecular flexibility index (Phi) is 7.02. The van der Waals surface area contributed by atoms with Crippen molar-refractivity contribution in [1.82, 2.24) is 0 Å². The Morgan fingerprint density at radius 2 is 1.43 bits per heavy atom. The van der Waals surface area contributed by atoms with Gasteiger partial charge in [0.05, 0.1) is 5.92 Å². The Bertz CT molecular complexity index is 865. The molecule has 0 heterocycles. The molecule has 0 saturated heterocycles. The summed E-state index contributed by atoms with van der Waals surface area (Å²) in [6.07, 6.45) is 4.92. The molecule has 1 atom stereocenters. The van der Waals surface area contributed by atoms with Gasteiger partial charge in [0.15, 0.2) is 0 Å². The van der Waals surface area contributed by atoms with Crippen LogP contribution in [-0.4, -0.2) is 5.97 Å². The van der Waals surface area contributed by atoms with Crippen molar-refractivity contribution in [2.45, 2.75) is 45.4 Å². The van der Waals surface area contributed by atoms with Crippen LogP contribution in [0.25, 0.3) is 11.1 Å². The second kappa shape index (κ2) is 9.89. The van der Waals surface area contributed by atoms with Gasteiger partial charge in [0.1, 0.15) is 5.75 Å². The minimum atomic E-state index is -0.291. The maximum atomic E-state index is 12.4. The molecule has 0 aliphatic heterocycles. The number of hydrogen-bond donors (Lipinski definition) is 0. The molecular formula is C26H28O2. The Labute approximate surface area is 168 Å². The van der Waals surface area contributed by atoms with Gasteiger partial charge in [-0.2, -0.15) is 0 Å². The average molecular weight is 373 g/mol. The first-order valence-electron chi connectivity index (χ1n) is 10.1. The van der Waals surface area contributed by atoms with Crippen LogP contribution in [0, 0.1) is 0 Å². The summed E-state index contributed by atoms with van der Waals surface area (Å²) in [5.41, 5.74) is 4.64. The first kappa shape index (κ1) is 19.9. The topological polar surface area (TPSA) is 26.3 Å². The highest BCUT2D eigenvalue weighted by atomic mass is 16.5. The fourth-order valence-electron chi connectivity index (χ4n) is 3.24. The first-order chi connectivity index (χ1) is 13.7. The Balaban J connectivity index is 1.61. The van der Waals surface area contributed by atoms with Crippen molar-refractivity contribution in [3.8, 4) is 16.9 Å². The molecule has 0 fully saturated rings. The standard InChI is InChI=1S/C26H28O2/c1-3-4-6-9-21-12-14-23(15-13-21)24-16-18-25(19-17-24)28-26(27)20(2)22-10-7-5-8-11-22/h5,7-8,10-20H,3-4,6,9H2,1-2H3. The van der Waals surface area contributed by atoms with Crippen molar-refractivity contribution in [2.24, 2.45) is 0 Å². The van der Waals surface area contributed by atoms with Crippen LogP contribution < -0.4 is 4.74 Å². The van der Waals surface area contributed by atoms with Gasteiger partial charge in [0, 0.05) is 0 Å². The van der Waals surface area contributed by atoms with Crippen LogP contribution in [0.1, 0.15) is 50.2 Å². The number of unbranched alkanes of at least 4 members (excludes halogenated alkanes) is 2. The molecule has 0 radical (unpaired) electrons. The molecule has 0 bridgehead atoms. The van der Waals surface area contributed by atoms with E-state index in [-0.39, 0.29) is 11.9 Å². The third-order valence-corrected chi connectivity index (χ3v) is 5.08. The summed E-state index contributed by atoms with van der Waals surface area (Å²) in [5, 5.41) is 0. The minimum Gasteiger partial charge on any atom is -0.426 e. The quantitative estimate of drug-likeness (QED) is 0.247. The fraction of sp³-hybridized carbons (Fsp3) is 0.269. The summed E-state index contributed by atoms with van der Waals surface area (Å²) in [7, 11) is 0. The van der Waals surface area contributed by atoms with Gasteiger partial charge in [0.2, 0.25) is 0 Å². The SMILES string of the molecule is CCCCCc1ccc(-c2ccc(OC(=O)C(C)c3ccccc3)cc2)cc1. The van der Waals surface area contributed by atoms with Crippen molar-refractivity contribution in [2.75, 3.05) is 0 Å². The Hall–Kier alpha value is -2.87. The molecule has 0 saturated carbocycles. The summed E-state index contributed by atoms with van der Waals surface area (Å²) in [6, 6.07) is 26.2. The number of aryl methyl sites for hydroxylation is 1. The van der Waals surface area contributed by atoms with Crippen LogP contribution in [0.4, 0.5) is 0 Å². The molecule has 3 rings (SSSR count). The van der Waals surface area contributed by atoms with E-state index in [2.05, 4.69) is 31.2 Å². The smallest absolute Gasteiger partial charge is 0.318 e. The van der Waals surface area contributed by atoms with Gasteiger partial charge in [-0.05, 0) is 54.2 Å². The van der Waals surface area contributed by atoms with E-state index in [0.717, 1.165) is 17.5 Å². The zero-order valence-electron chi connectivity index (χ0n) is 16.7. The number of carbonyl (C=O) groups excluding carboxylic acids is 1. The largest absolute Gasteiger partial charge is 0.426 e. The highest BCUT2D eigenvalue weighted by molar-refractivity contribution is 5.80. The number of hydrogen-bond acceptors (Lipinski definition) is 2. The third kappa shape index (κ3) is 5.32. The van der Waals surface area contributed by atoms with Gasteiger partial charge in [-0.15, -0.1) is 0 Å². The molecule has 0 aliphatic rings. The van der Waals surface area contributed by atoms with Gasteiger partial charge in [-0.1, -0.05) is 86.5 Å². The summed E-state index contributed by atoms with van der Waals surface area (Å²) in [6.45, 7) is 4.10. The van der Waals surface area contributed by atoms with Gasteiger partial charge in [-0.3, -0.25) is 4.79 Å². The molecule has 3 aromatic rings. The van der Waals surface area contributed by atoms with Gasteiger partial charge in [0.25, 0.3) is 0 Å². The predicted molar refractivity (Wildman–Crippen MR) is 116 cm³/mol. The van der Waals surface area contributed by atoms with Crippen LogP contribution in [0.5, 0.6) is 5.75 Å². The van der Waals surface area contributed by atoms with E-state index in [1.165, 1.54) is 30.4 Å². The maximum absolute atomic E-state index is 12.4. The van der Waals surface area contributed by atoms with Crippen LogP contribution in [0.15, 0.2) is 78.9 Å². The van der Waals surface area contributed by atoms with E-state index < -0.39 is 0 Å². The number of benzene rings is 3. The molecule has 144 valence electrons. The molecule has 3 aromatic carbocycles. The summed E-state index contributed by atoms with van der Waals surface area (Å²) in [4.78, 5) is 12.4. The molecule has 0 spiro atoms. The van der Waals surface area contributed by atoms with Gasteiger partial charge >= 0.3 is 5.97 Å². The van der Waals surface area contributed by atoms with E-state index in [9.17, 15) is 4.79 Å². The molecule has 2 nitrogen and oxygen atoms in total. The summed E-state index contributed by atoms with van der Waals surface area (Å²) in [5.74, 6) is 0.0456. The van der Waals surface area contributed by atoms with E-state index in [0.29, 0.717) is 5.75 Å². The molecule has 1 unspecified atom stereocenters. The number of rotatable bonds is 8. The predicted octanol–water partition coefficient (Wildman–Crippen LogP) is 6.80. The lowest BCUT2D eigenvalue weighted by molar-refractivity contribution is -0.135. The van der Waals surface area contributed by atoms with Crippen LogP contribution in [0.2, 0.25) is 0 Å². The van der Waals surface area contributed by atoms with Crippen molar-refractivity contribution < 1.29 is 9.53 Å². The lowest BCUT2D eigenvalue weighted by Crippen LogP contribution is -2.16. The average Bonchev–Trinajstić information content (AvgIpc) is 2.75. The van der Waals surface area contributed by atoms with E-state index in [1.54, 1.807) is 0 Å². The zero-order chi connectivity index (χ0) is 19.8. The number of ether oxygens (including phenoxy) is 1. The Morgan fingerprint density at radius 1 is 0.821 bits per heavy atom. The number of esters is 1. The lowest BCUT2D eigenvalue weighted by atomic mass is 10.0. The normalized spacial score (nSPS) is 11.8. The van der Waals surface area contributed by atoms with Crippen molar-refractivity contribution in [1.29, 1.82) is 0 Å². The summed E-state index contributed by atoms with van der Waals surface area (Å²) >= 11 is 0. The first-order valence-corrected chi connectivity index (χ1v) is 10.1. The van der Waals surface area contributed by atoms with E-state index in [4.69, 9.17) is 4.74 Å². The monoisotopic (exact) mass is 372 g/mol. The maximum Gasteiger partial charge on any atom is 0.318 e. The molecule has 0 N–H and O–H groups in total. The van der Waals surface area contributed by atoms with Crippen molar-refractivity contribution >= 4 is 5.97 Å². The second-order valence-electron chi connectivity index (χ2n) is 7.23. The molecule has 0 aliphatic carbocycles. The molecule has 0 aromatic heterocycles. The van der Waals surface area contributed by atoms with Gasteiger partial charge in [-0.25, -0.2) is 0 Å². The van der Waals surface area contributed by atoms with Crippen LogP contribution >= 0.6 is 0 Å². The van der Waals surface area contributed by atoms with Crippen LogP contribution in [-0.2, 0) is 11.2 Å². The Morgan fingerprint density at radius 3 is 2.04 bits per heavy atom. The van der Waals surface area contributed by atoms with Gasteiger partial charge < -0.3 is 4.74 Å². The van der Waals surface area contributed by atoms with Crippen molar-refractivity contribution in [3.05, 3.63) is 90.0 Å². The highest BCUT2D eigenvalue weighted by Gasteiger charge is 2.17. The molecule has 0 amide bonds. The number of carbonyl (C=O) groups is 1. The molecule has 28 heavy (non-hydrogen) atoms. The van der Waals surface area contributed by atoms with E-state index in [1.807, 2.05) is 61.5 Å². The summed E-state index contributed by atoms with van der Waals surface area (Å²) < 4.78 is 5.56. The third-order valence-electron chi connectivity index (χ3n) is 5.08. The molecule has 2 heteroatoms. The van der Waals surface area contributed by atoms with E-state index >= 15 is 0 Å². The van der Waals surface area contributed by atoms with Crippen molar-refractivity contribution in [3.63, 3.8) is 0 Å². The van der Waals surface area contributed by atoms with Crippen LogP contribution in [0.3, 0.4) is 0 Å². The fourth-order valence-corrected chi connectivity index (χ4v) is 3.24. The molecular weight excluding hydrogens is 344 g/mol.